The zero-order valence-electron chi connectivity index (χ0n) is 17.3. The number of nitrogens with zero attached hydrogens (tertiary/aromatic N) is 4. The average molecular weight is 452 g/mol. The van der Waals surface area contributed by atoms with Gasteiger partial charge >= 0.3 is 0 Å². The Morgan fingerprint density at radius 1 is 1.23 bits per heavy atom. The molecular weight excluding hydrogens is 425 g/mol. The quantitative estimate of drug-likeness (QED) is 0.718. The number of aliphatic hydroxyl groups is 1. The first-order chi connectivity index (χ1) is 14.7. The smallest absolute Gasteiger partial charge is 0.288 e. The Morgan fingerprint density at radius 3 is 2.58 bits per heavy atom. The van der Waals surface area contributed by atoms with Crippen LogP contribution in [0.1, 0.15) is 44.6 Å². The largest absolute Gasteiger partial charge is 0.392 e. The van der Waals surface area contributed by atoms with E-state index in [9.17, 15) is 22.7 Å². The summed E-state index contributed by atoms with van der Waals surface area (Å²) in [5.74, 6) is -0.518. The summed E-state index contributed by atoms with van der Waals surface area (Å²) in [7, 11) is -3.20. The van der Waals surface area contributed by atoms with E-state index in [0.717, 1.165) is 18.9 Å². The van der Waals surface area contributed by atoms with Gasteiger partial charge in [-0.2, -0.15) is 4.98 Å². The summed E-state index contributed by atoms with van der Waals surface area (Å²) in [5.41, 5.74) is -0.714. The van der Waals surface area contributed by atoms with Crippen LogP contribution in [0, 0.1) is 11.2 Å². The Labute approximate surface area is 179 Å². The minimum Gasteiger partial charge on any atom is -0.392 e. The molecule has 1 unspecified atom stereocenters. The van der Waals surface area contributed by atoms with E-state index in [1.807, 2.05) is 0 Å². The first-order valence-corrected chi connectivity index (χ1v) is 12.5. The zero-order chi connectivity index (χ0) is 22.0. The van der Waals surface area contributed by atoms with Crippen molar-refractivity contribution in [2.45, 2.75) is 56.7 Å². The van der Waals surface area contributed by atoms with Gasteiger partial charge in [-0.1, -0.05) is 0 Å². The van der Waals surface area contributed by atoms with Crippen molar-refractivity contribution < 1.29 is 17.9 Å². The van der Waals surface area contributed by atoms with Crippen molar-refractivity contribution in [3.8, 4) is 0 Å². The Kier molecular flexibility index (Phi) is 4.83. The second-order valence-electron chi connectivity index (χ2n) is 9.06. The van der Waals surface area contributed by atoms with Gasteiger partial charge in [-0.05, 0) is 44.6 Å². The van der Waals surface area contributed by atoms with Gasteiger partial charge in [0, 0.05) is 42.2 Å². The van der Waals surface area contributed by atoms with Crippen molar-refractivity contribution >= 4 is 27.0 Å². The monoisotopic (exact) mass is 451 g/mol. The minimum atomic E-state index is -3.20. The lowest BCUT2D eigenvalue weighted by atomic mass is 9.97. The first kappa shape index (κ1) is 20.8. The number of anilines is 1. The molecule has 11 heteroatoms. The molecular formula is C20H26FN5O4S. The SMILES string of the molecule is CS(=O)(=O)N1CCC(Nc2ncc3cc(F)c(=O)n([C@@H]4CCC(O)C45CC5)c3n2)CC1. The molecule has 2 saturated carbocycles. The molecule has 31 heavy (non-hydrogen) atoms. The highest BCUT2D eigenvalue weighted by molar-refractivity contribution is 7.88. The highest BCUT2D eigenvalue weighted by Crippen LogP contribution is 2.63. The number of halogens is 1. The van der Waals surface area contributed by atoms with Crippen LogP contribution in [0.3, 0.4) is 0 Å². The number of fused-ring (bicyclic) bond motifs is 1. The number of nitrogens with one attached hydrogen (secondary N) is 1. The van der Waals surface area contributed by atoms with Crippen LogP contribution in [-0.2, 0) is 10.0 Å². The molecule has 0 radical (unpaired) electrons. The van der Waals surface area contributed by atoms with E-state index in [1.165, 1.54) is 21.3 Å². The normalized spacial score (nSPS) is 26.5. The van der Waals surface area contributed by atoms with Crippen LogP contribution in [0.2, 0.25) is 0 Å². The van der Waals surface area contributed by atoms with E-state index in [1.54, 1.807) is 0 Å². The van der Waals surface area contributed by atoms with Crippen LogP contribution in [0.4, 0.5) is 10.3 Å². The Bertz CT molecular complexity index is 1190. The van der Waals surface area contributed by atoms with Crippen molar-refractivity contribution in [2.24, 2.45) is 5.41 Å². The van der Waals surface area contributed by atoms with Crippen molar-refractivity contribution in [1.82, 2.24) is 18.8 Å². The summed E-state index contributed by atoms with van der Waals surface area (Å²) < 4.78 is 40.7. The van der Waals surface area contributed by atoms with E-state index in [2.05, 4.69) is 15.3 Å². The lowest BCUT2D eigenvalue weighted by Gasteiger charge is -2.30. The maximum atomic E-state index is 14.4. The molecule has 9 nitrogen and oxygen atoms in total. The Balaban J connectivity index is 1.46. The molecule has 3 aliphatic rings. The van der Waals surface area contributed by atoms with Crippen molar-refractivity contribution in [2.75, 3.05) is 24.7 Å². The number of pyridine rings is 1. The number of sulfonamides is 1. The van der Waals surface area contributed by atoms with Gasteiger partial charge in [-0.25, -0.2) is 22.1 Å². The standard InChI is InChI=1S/C20H26FN5O4S/c1-31(29,30)25-8-4-13(5-9-25)23-19-22-11-12-10-14(21)18(28)26(17(12)24-19)15-2-3-16(27)20(15)6-7-20/h10-11,13,15-16,27H,2-9H2,1H3,(H,22,23,24)/t15-,16?/m1/s1. The van der Waals surface area contributed by atoms with Gasteiger partial charge in [0.1, 0.15) is 5.65 Å². The molecule has 3 heterocycles. The molecule has 2 aliphatic carbocycles. The number of piperidine rings is 1. The summed E-state index contributed by atoms with van der Waals surface area (Å²) >= 11 is 0. The highest BCUT2D eigenvalue weighted by Gasteiger charge is 2.59. The second-order valence-corrected chi connectivity index (χ2v) is 11.0. The van der Waals surface area contributed by atoms with Crippen molar-refractivity contribution in [1.29, 1.82) is 0 Å². The van der Waals surface area contributed by atoms with Crippen molar-refractivity contribution in [3.05, 3.63) is 28.4 Å². The number of hydrogen-bond donors (Lipinski definition) is 2. The number of aliphatic hydroxyl groups excluding tert-OH is 1. The lowest BCUT2D eigenvalue weighted by molar-refractivity contribution is 0.103. The van der Waals surface area contributed by atoms with E-state index in [0.29, 0.717) is 55.8 Å². The minimum absolute atomic E-state index is 0.000789. The molecule has 0 amide bonds. The maximum absolute atomic E-state index is 14.4. The van der Waals surface area contributed by atoms with Gasteiger partial charge in [-0.3, -0.25) is 9.36 Å². The highest BCUT2D eigenvalue weighted by atomic mass is 32.2. The lowest BCUT2D eigenvalue weighted by Crippen LogP contribution is -2.42. The molecule has 168 valence electrons. The first-order valence-electron chi connectivity index (χ1n) is 10.7. The van der Waals surface area contributed by atoms with Gasteiger partial charge in [-0.15, -0.1) is 0 Å². The van der Waals surface area contributed by atoms with Crippen LogP contribution in [0.25, 0.3) is 11.0 Å². The number of aromatic nitrogens is 3. The van der Waals surface area contributed by atoms with Crippen LogP contribution in [0.5, 0.6) is 0 Å². The summed E-state index contributed by atoms with van der Waals surface area (Å²) in [5, 5.41) is 14.1. The Morgan fingerprint density at radius 2 is 1.94 bits per heavy atom. The predicted octanol–water partition coefficient (Wildman–Crippen LogP) is 1.24. The third-order valence-corrected chi connectivity index (χ3v) is 8.47. The molecule has 5 rings (SSSR count). The van der Waals surface area contributed by atoms with Gasteiger partial charge in [0.25, 0.3) is 5.56 Å². The zero-order valence-corrected chi connectivity index (χ0v) is 18.1. The fraction of sp³-hybridized carbons (Fsp3) is 0.650. The summed E-state index contributed by atoms with van der Waals surface area (Å²) in [4.78, 5) is 21.6. The molecule has 1 spiro atoms. The van der Waals surface area contributed by atoms with Gasteiger partial charge < -0.3 is 10.4 Å². The molecule has 0 aromatic carbocycles. The fourth-order valence-corrected chi connectivity index (χ4v) is 6.14. The molecule has 1 saturated heterocycles. The molecule has 1 aliphatic heterocycles. The average Bonchev–Trinajstić information content (AvgIpc) is 3.46. The second kappa shape index (κ2) is 7.21. The summed E-state index contributed by atoms with van der Waals surface area (Å²) in [6.07, 6.45) is 6.28. The van der Waals surface area contributed by atoms with Crippen LogP contribution < -0.4 is 10.9 Å². The van der Waals surface area contributed by atoms with Crippen molar-refractivity contribution in [3.63, 3.8) is 0 Å². The predicted molar refractivity (Wildman–Crippen MR) is 113 cm³/mol. The van der Waals surface area contributed by atoms with E-state index in [4.69, 9.17) is 0 Å². The third-order valence-electron chi connectivity index (χ3n) is 7.17. The van der Waals surface area contributed by atoms with Crippen LogP contribution in [-0.4, -0.2) is 63.9 Å². The Hall–Kier alpha value is -2.11. The third kappa shape index (κ3) is 3.52. The van der Waals surface area contributed by atoms with E-state index < -0.39 is 27.5 Å². The molecule has 0 bridgehead atoms. The van der Waals surface area contributed by atoms with Crippen LogP contribution in [0.15, 0.2) is 17.1 Å². The van der Waals surface area contributed by atoms with Crippen LogP contribution >= 0.6 is 0 Å². The summed E-state index contributed by atoms with van der Waals surface area (Å²) in [6, 6.07) is 0.876. The van der Waals surface area contributed by atoms with Gasteiger partial charge in [0.15, 0.2) is 5.82 Å². The number of rotatable bonds is 4. The topological polar surface area (TPSA) is 117 Å². The summed E-state index contributed by atoms with van der Waals surface area (Å²) in [6.45, 7) is 0.838. The molecule has 2 aromatic rings. The van der Waals surface area contributed by atoms with E-state index in [-0.39, 0.29) is 17.5 Å². The molecule has 2 N–H and O–H groups in total. The fourth-order valence-electron chi connectivity index (χ4n) is 5.27. The molecule has 2 atom stereocenters. The van der Waals surface area contributed by atoms with E-state index >= 15 is 0 Å². The molecule has 3 fully saturated rings. The maximum Gasteiger partial charge on any atom is 0.288 e. The molecule has 2 aromatic heterocycles. The van der Waals surface area contributed by atoms with Gasteiger partial charge in [0.2, 0.25) is 16.0 Å². The van der Waals surface area contributed by atoms with Gasteiger partial charge in [0.05, 0.1) is 12.4 Å². The number of hydrogen-bond acceptors (Lipinski definition) is 7.